The van der Waals surface area contributed by atoms with E-state index in [1.54, 1.807) is 0 Å². The SMILES string of the molecule is FC(F)C(F)(Oc1ccccc1)C(F)(F)F. The van der Waals surface area contributed by atoms with E-state index in [2.05, 4.69) is 4.74 Å². The zero-order chi connectivity index (χ0) is 12.4. The maximum atomic E-state index is 13.0. The van der Waals surface area contributed by atoms with Crippen molar-refractivity contribution in [3.8, 4) is 5.75 Å². The fraction of sp³-hybridized carbons (Fsp3) is 0.333. The molecule has 0 amide bonds. The topological polar surface area (TPSA) is 9.23 Å². The first-order valence-electron chi connectivity index (χ1n) is 4.05. The van der Waals surface area contributed by atoms with E-state index in [1.165, 1.54) is 18.2 Å². The van der Waals surface area contributed by atoms with E-state index in [9.17, 15) is 26.3 Å². The van der Waals surface area contributed by atoms with Gasteiger partial charge in [0.25, 0.3) is 0 Å². The number of benzene rings is 1. The van der Waals surface area contributed by atoms with Crippen molar-refractivity contribution in [1.82, 2.24) is 0 Å². The first-order valence-corrected chi connectivity index (χ1v) is 4.05. The second-order valence-electron chi connectivity index (χ2n) is 2.86. The van der Waals surface area contributed by atoms with Crippen molar-refractivity contribution in [2.75, 3.05) is 0 Å². The Hall–Kier alpha value is -1.40. The molecule has 1 rings (SSSR count). The summed E-state index contributed by atoms with van der Waals surface area (Å²) in [5.41, 5.74) is 0. The molecule has 0 bridgehead atoms. The minimum atomic E-state index is -5.81. The number of hydrogen-bond acceptors (Lipinski definition) is 1. The molecule has 7 heteroatoms. The summed E-state index contributed by atoms with van der Waals surface area (Å²) in [4.78, 5) is 0. The minimum absolute atomic E-state index is 0.623. The fourth-order valence-electron chi connectivity index (χ4n) is 0.886. The van der Waals surface area contributed by atoms with Crippen molar-refractivity contribution < 1.29 is 31.1 Å². The van der Waals surface area contributed by atoms with Gasteiger partial charge in [-0.3, -0.25) is 0 Å². The third kappa shape index (κ3) is 2.40. The molecule has 90 valence electrons. The van der Waals surface area contributed by atoms with Crippen LogP contribution in [0.25, 0.3) is 0 Å². The van der Waals surface area contributed by atoms with Crippen LogP contribution in [-0.2, 0) is 0 Å². The maximum absolute atomic E-state index is 13.0. The van der Waals surface area contributed by atoms with Crippen LogP contribution in [0.4, 0.5) is 26.3 Å². The third-order valence-corrected chi connectivity index (χ3v) is 1.68. The molecule has 0 saturated carbocycles. The molecule has 1 unspecified atom stereocenters. The van der Waals surface area contributed by atoms with Gasteiger partial charge < -0.3 is 4.74 Å². The molecular weight excluding hydrogens is 238 g/mol. The minimum Gasteiger partial charge on any atom is -0.446 e. The molecule has 1 aromatic rings. The molecule has 0 aromatic heterocycles. The number of alkyl halides is 6. The van der Waals surface area contributed by atoms with Gasteiger partial charge in [-0.15, -0.1) is 0 Å². The first-order chi connectivity index (χ1) is 7.27. The van der Waals surface area contributed by atoms with E-state index in [0.717, 1.165) is 12.1 Å². The lowest BCUT2D eigenvalue weighted by molar-refractivity contribution is -0.340. The predicted molar refractivity (Wildman–Crippen MR) is 43.0 cm³/mol. The van der Waals surface area contributed by atoms with Crippen LogP contribution < -0.4 is 4.74 Å². The number of halogens is 6. The zero-order valence-electron chi connectivity index (χ0n) is 7.64. The summed E-state index contributed by atoms with van der Waals surface area (Å²) in [6.07, 6.45) is -10.1. The number of hydrogen-bond donors (Lipinski definition) is 0. The highest BCUT2D eigenvalue weighted by molar-refractivity contribution is 5.22. The van der Waals surface area contributed by atoms with Crippen molar-refractivity contribution >= 4 is 0 Å². The zero-order valence-corrected chi connectivity index (χ0v) is 7.64. The molecular formula is C9H6F6O. The molecule has 1 aromatic carbocycles. The second-order valence-corrected chi connectivity index (χ2v) is 2.86. The van der Waals surface area contributed by atoms with E-state index in [0.29, 0.717) is 0 Å². The van der Waals surface area contributed by atoms with Gasteiger partial charge >= 0.3 is 18.5 Å². The molecule has 0 aliphatic carbocycles. The lowest BCUT2D eigenvalue weighted by Crippen LogP contribution is -2.52. The van der Waals surface area contributed by atoms with Crippen molar-refractivity contribution in [3.63, 3.8) is 0 Å². The highest BCUT2D eigenvalue weighted by atomic mass is 19.4. The lowest BCUT2D eigenvalue weighted by Gasteiger charge is -2.27. The maximum Gasteiger partial charge on any atom is 0.466 e. The van der Waals surface area contributed by atoms with Crippen molar-refractivity contribution in [3.05, 3.63) is 30.3 Å². The summed E-state index contributed by atoms with van der Waals surface area (Å²) in [6, 6.07) is 5.78. The van der Waals surface area contributed by atoms with Crippen molar-refractivity contribution in [2.24, 2.45) is 0 Å². The molecule has 16 heavy (non-hydrogen) atoms. The van der Waals surface area contributed by atoms with Crippen LogP contribution in [0.15, 0.2) is 30.3 Å². The lowest BCUT2D eigenvalue weighted by atomic mass is 10.3. The average Bonchev–Trinajstić information content (AvgIpc) is 2.17. The van der Waals surface area contributed by atoms with Gasteiger partial charge in [0.05, 0.1) is 0 Å². The average molecular weight is 244 g/mol. The molecule has 0 N–H and O–H groups in total. The van der Waals surface area contributed by atoms with E-state index in [1.807, 2.05) is 0 Å². The van der Waals surface area contributed by atoms with Gasteiger partial charge in [0.2, 0.25) is 0 Å². The van der Waals surface area contributed by atoms with Crippen molar-refractivity contribution in [2.45, 2.75) is 18.5 Å². The molecule has 0 saturated heterocycles. The molecule has 0 aliphatic rings. The Balaban J connectivity index is 2.98. The smallest absolute Gasteiger partial charge is 0.446 e. The van der Waals surface area contributed by atoms with Crippen LogP contribution in [0.3, 0.4) is 0 Å². The van der Waals surface area contributed by atoms with E-state index in [4.69, 9.17) is 0 Å². The molecule has 0 fully saturated rings. The Kier molecular flexibility index (Phi) is 3.35. The monoisotopic (exact) mass is 244 g/mol. The molecule has 1 atom stereocenters. The van der Waals surface area contributed by atoms with E-state index >= 15 is 0 Å². The second kappa shape index (κ2) is 4.23. The summed E-state index contributed by atoms with van der Waals surface area (Å²) < 4.78 is 77.0. The summed E-state index contributed by atoms with van der Waals surface area (Å²) in [5, 5.41) is 0. The van der Waals surface area contributed by atoms with Gasteiger partial charge in [0.15, 0.2) is 0 Å². The Morgan fingerprint density at radius 2 is 1.44 bits per heavy atom. The van der Waals surface area contributed by atoms with Crippen LogP contribution in [0.5, 0.6) is 5.75 Å². The van der Waals surface area contributed by atoms with Crippen LogP contribution >= 0.6 is 0 Å². The summed E-state index contributed by atoms with van der Waals surface area (Å²) >= 11 is 0. The Morgan fingerprint density at radius 3 is 1.81 bits per heavy atom. The van der Waals surface area contributed by atoms with E-state index < -0.39 is 24.2 Å². The largest absolute Gasteiger partial charge is 0.466 e. The summed E-state index contributed by atoms with van der Waals surface area (Å²) in [5.74, 6) is -5.61. The summed E-state index contributed by atoms with van der Waals surface area (Å²) in [6.45, 7) is 0. The predicted octanol–water partition coefficient (Wildman–Crippen LogP) is 3.56. The van der Waals surface area contributed by atoms with Gasteiger partial charge in [-0.05, 0) is 12.1 Å². The fourth-order valence-corrected chi connectivity index (χ4v) is 0.886. The normalized spacial score (nSPS) is 15.9. The molecule has 0 aliphatic heterocycles. The van der Waals surface area contributed by atoms with Gasteiger partial charge in [-0.2, -0.15) is 17.6 Å². The highest BCUT2D eigenvalue weighted by Gasteiger charge is 2.66. The number of ether oxygens (including phenoxy) is 1. The Bertz CT molecular complexity index is 336. The number of rotatable bonds is 3. The molecule has 0 radical (unpaired) electrons. The standard InChI is InChI=1S/C9H6F6O/c10-7(11)8(12,9(13,14)15)16-6-4-2-1-3-5-6/h1-5,7H. The third-order valence-electron chi connectivity index (χ3n) is 1.68. The molecule has 0 heterocycles. The molecule has 0 spiro atoms. The Labute approximate surface area is 86.6 Å². The van der Waals surface area contributed by atoms with Crippen molar-refractivity contribution in [1.29, 1.82) is 0 Å². The van der Waals surface area contributed by atoms with Crippen LogP contribution in [0.1, 0.15) is 0 Å². The van der Waals surface area contributed by atoms with Gasteiger partial charge in [0.1, 0.15) is 5.75 Å². The number of para-hydroxylation sites is 1. The highest BCUT2D eigenvalue weighted by Crippen LogP contribution is 2.40. The van der Waals surface area contributed by atoms with Crippen LogP contribution in [0, 0.1) is 0 Å². The summed E-state index contributed by atoms with van der Waals surface area (Å²) in [7, 11) is 0. The van der Waals surface area contributed by atoms with Crippen LogP contribution in [0.2, 0.25) is 0 Å². The van der Waals surface area contributed by atoms with Crippen LogP contribution in [-0.4, -0.2) is 18.5 Å². The van der Waals surface area contributed by atoms with Gasteiger partial charge in [-0.1, -0.05) is 18.2 Å². The Morgan fingerprint density at radius 1 is 0.938 bits per heavy atom. The molecule has 1 nitrogen and oxygen atoms in total. The van der Waals surface area contributed by atoms with E-state index in [-0.39, 0.29) is 0 Å². The van der Waals surface area contributed by atoms with Gasteiger partial charge in [-0.25, -0.2) is 8.78 Å². The van der Waals surface area contributed by atoms with Gasteiger partial charge in [0, 0.05) is 0 Å². The quantitative estimate of drug-likeness (QED) is 0.738. The first kappa shape index (κ1) is 12.7.